The third-order valence-electron chi connectivity index (χ3n) is 3.08. The minimum atomic E-state index is 1.09. The molecule has 17 heavy (non-hydrogen) atoms. The molecule has 1 radical (unpaired) electrons. The SMILES string of the molecule is [CH2]c1cccc2cccc(-c3ccccc3)c12. The Morgan fingerprint density at radius 3 is 2.12 bits per heavy atom. The molecule has 0 heterocycles. The van der Waals surface area contributed by atoms with Crippen LogP contribution in [0.3, 0.4) is 0 Å². The van der Waals surface area contributed by atoms with E-state index in [2.05, 4.69) is 67.6 Å². The van der Waals surface area contributed by atoms with Gasteiger partial charge in [0.05, 0.1) is 0 Å². The van der Waals surface area contributed by atoms with E-state index >= 15 is 0 Å². The molecule has 0 atom stereocenters. The minimum Gasteiger partial charge on any atom is -0.0622 e. The van der Waals surface area contributed by atoms with Gasteiger partial charge in [0.15, 0.2) is 0 Å². The topological polar surface area (TPSA) is 0 Å². The van der Waals surface area contributed by atoms with Gasteiger partial charge in [-0.3, -0.25) is 0 Å². The van der Waals surface area contributed by atoms with Gasteiger partial charge in [-0.1, -0.05) is 66.7 Å². The Bertz CT molecular complexity index is 646. The van der Waals surface area contributed by atoms with Gasteiger partial charge in [0.25, 0.3) is 0 Å². The maximum Gasteiger partial charge on any atom is -0.00732 e. The Morgan fingerprint density at radius 2 is 1.35 bits per heavy atom. The zero-order valence-electron chi connectivity index (χ0n) is 9.56. The lowest BCUT2D eigenvalue weighted by Crippen LogP contribution is -1.84. The number of fused-ring (bicyclic) bond motifs is 1. The molecule has 0 saturated heterocycles. The van der Waals surface area contributed by atoms with E-state index in [9.17, 15) is 0 Å². The first kappa shape index (κ1) is 10.1. The molecule has 0 fully saturated rings. The molecule has 0 aromatic heterocycles. The summed E-state index contributed by atoms with van der Waals surface area (Å²) in [4.78, 5) is 0. The predicted octanol–water partition coefficient (Wildman–Crippen LogP) is 4.69. The predicted molar refractivity (Wildman–Crippen MR) is 73.8 cm³/mol. The van der Waals surface area contributed by atoms with Crippen molar-refractivity contribution in [2.45, 2.75) is 0 Å². The summed E-state index contributed by atoms with van der Waals surface area (Å²) in [5, 5.41) is 2.50. The van der Waals surface area contributed by atoms with Gasteiger partial charge >= 0.3 is 0 Å². The molecule has 0 N–H and O–H groups in total. The lowest BCUT2D eigenvalue weighted by atomic mass is 9.95. The molecule has 0 nitrogen and oxygen atoms in total. The highest BCUT2D eigenvalue weighted by Gasteiger charge is 2.04. The normalized spacial score (nSPS) is 10.6. The summed E-state index contributed by atoms with van der Waals surface area (Å²) in [6.07, 6.45) is 0. The van der Waals surface area contributed by atoms with Crippen molar-refractivity contribution in [2.24, 2.45) is 0 Å². The van der Waals surface area contributed by atoms with Crippen LogP contribution in [-0.2, 0) is 0 Å². The Hall–Kier alpha value is -2.08. The molecule has 0 amide bonds. The maximum absolute atomic E-state index is 4.13. The fourth-order valence-electron chi connectivity index (χ4n) is 2.28. The minimum absolute atomic E-state index is 1.09. The highest BCUT2D eigenvalue weighted by atomic mass is 14.1. The van der Waals surface area contributed by atoms with Crippen molar-refractivity contribution in [3.63, 3.8) is 0 Å². The second kappa shape index (κ2) is 4.06. The smallest absolute Gasteiger partial charge is 0.00732 e. The van der Waals surface area contributed by atoms with Crippen molar-refractivity contribution in [2.75, 3.05) is 0 Å². The van der Waals surface area contributed by atoms with Crippen LogP contribution in [0.5, 0.6) is 0 Å². The van der Waals surface area contributed by atoms with E-state index in [0.717, 1.165) is 5.56 Å². The Kier molecular flexibility index (Phi) is 2.41. The molecule has 0 spiro atoms. The van der Waals surface area contributed by atoms with Crippen LogP contribution in [0.2, 0.25) is 0 Å². The summed E-state index contributed by atoms with van der Waals surface area (Å²) in [5.74, 6) is 0. The first-order valence-corrected chi connectivity index (χ1v) is 5.75. The molecule has 0 aliphatic rings. The van der Waals surface area contributed by atoms with Gasteiger partial charge < -0.3 is 0 Å². The van der Waals surface area contributed by atoms with Crippen molar-refractivity contribution in [3.05, 3.63) is 79.2 Å². The zero-order chi connectivity index (χ0) is 11.7. The Labute approximate surface area is 102 Å². The first-order valence-electron chi connectivity index (χ1n) is 5.75. The van der Waals surface area contributed by atoms with Crippen molar-refractivity contribution >= 4 is 10.8 Å². The number of rotatable bonds is 1. The lowest BCUT2D eigenvalue weighted by Gasteiger charge is -2.09. The summed E-state index contributed by atoms with van der Waals surface area (Å²) in [6.45, 7) is 4.13. The molecule has 3 aromatic carbocycles. The van der Waals surface area contributed by atoms with E-state index in [1.54, 1.807) is 0 Å². The number of hydrogen-bond acceptors (Lipinski definition) is 0. The molecule has 0 heteroatoms. The van der Waals surface area contributed by atoms with Gasteiger partial charge in [0, 0.05) is 0 Å². The fraction of sp³-hybridized carbons (Fsp3) is 0. The van der Waals surface area contributed by atoms with Gasteiger partial charge in [-0.25, -0.2) is 0 Å². The Balaban J connectivity index is 2.38. The van der Waals surface area contributed by atoms with Crippen molar-refractivity contribution < 1.29 is 0 Å². The van der Waals surface area contributed by atoms with Crippen LogP contribution in [0.4, 0.5) is 0 Å². The van der Waals surface area contributed by atoms with Crippen LogP contribution < -0.4 is 0 Å². The van der Waals surface area contributed by atoms with Crippen LogP contribution in [0.1, 0.15) is 5.56 Å². The quantitative estimate of drug-likeness (QED) is 0.554. The summed E-state index contributed by atoms with van der Waals surface area (Å²) in [7, 11) is 0. The third-order valence-corrected chi connectivity index (χ3v) is 3.08. The van der Waals surface area contributed by atoms with Crippen LogP contribution in [0, 0.1) is 6.92 Å². The molecule has 0 aliphatic carbocycles. The van der Waals surface area contributed by atoms with E-state index in [0.29, 0.717) is 0 Å². The molecule has 3 rings (SSSR count). The molecular formula is C17H13. The van der Waals surface area contributed by atoms with Gasteiger partial charge in [-0.2, -0.15) is 0 Å². The number of benzene rings is 3. The Morgan fingerprint density at radius 1 is 0.647 bits per heavy atom. The van der Waals surface area contributed by atoms with E-state index in [1.807, 2.05) is 6.07 Å². The van der Waals surface area contributed by atoms with E-state index in [4.69, 9.17) is 0 Å². The lowest BCUT2D eigenvalue weighted by molar-refractivity contribution is 1.63. The second-order valence-corrected chi connectivity index (χ2v) is 4.19. The molecule has 3 aromatic rings. The van der Waals surface area contributed by atoms with Crippen molar-refractivity contribution in [1.82, 2.24) is 0 Å². The fourth-order valence-corrected chi connectivity index (χ4v) is 2.28. The molecular weight excluding hydrogens is 204 g/mol. The average molecular weight is 217 g/mol. The van der Waals surface area contributed by atoms with Gasteiger partial charge in [0.1, 0.15) is 0 Å². The van der Waals surface area contributed by atoms with Gasteiger partial charge in [-0.05, 0) is 34.4 Å². The van der Waals surface area contributed by atoms with Crippen LogP contribution in [0.25, 0.3) is 21.9 Å². The molecule has 0 bridgehead atoms. The van der Waals surface area contributed by atoms with Crippen LogP contribution in [0.15, 0.2) is 66.7 Å². The maximum atomic E-state index is 4.13. The monoisotopic (exact) mass is 217 g/mol. The summed E-state index contributed by atoms with van der Waals surface area (Å²) < 4.78 is 0. The van der Waals surface area contributed by atoms with Crippen molar-refractivity contribution in [3.8, 4) is 11.1 Å². The second-order valence-electron chi connectivity index (χ2n) is 4.19. The van der Waals surface area contributed by atoms with Gasteiger partial charge in [0.2, 0.25) is 0 Å². The first-order chi connectivity index (χ1) is 8.36. The molecule has 0 unspecified atom stereocenters. The van der Waals surface area contributed by atoms with E-state index in [-0.39, 0.29) is 0 Å². The molecule has 0 saturated carbocycles. The van der Waals surface area contributed by atoms with E-state index in [1.165, 1.54) is 21.9 Å². The van der Waals surface area contributed by atoms with Crippen LogP contribution in [-0.4, -0.2) is 0 Å². The third kappa shape index (κ3) is 1.72. The average Bonchev–Trinajstić information content (AvgIpc) is 2.39. The van der Waals surface area contributed by atoms with E-state index < -0.39 is 0 Å². The summed E-state index contributed by atoms with van der Waals surface area (Å²) in [5.41, 5.74) is 3.59. The van der Waals surface area contributed by atoms with Crippen molar-refractivity contribution in [1.29, 1.82) is 0 Å². The molecule has 0 aliphatic heterocycles. The highest BCUT2D eigenvalue weighted by molar-refractivity contribution is 5.99. The summed E-state index contributed by atoms with van der Waals surface area (Å²) >= 11 is 0. The zero-order valence-corrected chi connectivity index (χ0v) is 9.56. The molecule has 81 valence electrons. The number of hydrogen-bond donors (Lipinski definition) is 0. The summed E-state index contributed by atoms with van der Waals surface area (Å²) in [6, 6.07) is 23.1. The highest BCUT2D eigenvalue weighted by Crippen LogP contribution is 2.30. The largest absolute Gasteiger partial charge is 0.0622 e. The van der Waals surface area contributed by atoms with Crippen LogP contribution >= 0.6 is 0 Å². The standard InChI is InChI=1S/C17H13/c1-13-7-5-10-15-11-6-12-16(17(13)15)14-8-3-2-4-9-14/h2-12H,1H2. The van der Waals surface area contributed by atoms with Gasteiger partial charge in [-0.15, -0.1) is 0 Å².